The summed E-state index contributed by atoms with van der Waals surface area (Å²) in [6.07, 6.45) is 7.22. The van der Waals surface area contributed by atoms with E-state index in [0.29, 0.717) is 12.0 Å². The molecule has 0 amide bonds. The molecule has 0 radical (unpaired) electrons. The van der Waals surface area contributed by atoms with Gasteiger partial charge in [0, 0.05) is 42.3 Å². The highest BCUT2D eigenvalue weighted by Crippen LogP contribution is 2.29. The molecule has 2 aromatic rings. The molecular weight excluding hydrogens is 286 g/mol. The van der Waals surface area contributed by atoms with Crippen molar-refractivity contribution >= 4 is 29.2 Å². The third kappa shape index (κ3) is 2.63. The van der Waals surface area contributed by atoms with Crippen molar-refractivity contribution in [2.45, 2.75) is 26.3 Å². The summed E-state index contributed by atoms with van der Waals surface area (Å²) in [4.78, 5) is 11.5. The van der Waals surface area contributed by atoms with Gasteiger partial charge in [0.05, 0.1) is 0 Å². The average molecular weight is 307 g/mol. The van der Waals surface area contributed by atoms with E-state index in [2.05, 4.69) is 64.7 Å². The quantitative estimate of drug-likeness (QED) is 0.910. The van der Waals surface area contributed by atoms with Gasteiger partial charge < -0.3 is 15.5 Å². The van der Waals surface area contributed by atoms with Crippen molar-refractivity contribution in [3.63, 3.8) is 0 Å². The molecule has 23 heavy (non-hydrogen) atoms. The van der Waals surface area contributed by atoms with Crippen molar-refractivity contribution in [2.24, 2.45) is 0 Å². The Kier molecular flexibility index (Phi) is 3.41. The van der Waals surface area contributed by atoms with Crippen LogP contribution in [0.1, 0.15) is 25.0 Å². The second-order valence-corrected chi connectivity index (χ2v) is 6.29. The van der Waals surface area contributed by atoms with Gasteiger partial charge >= 0.3 is 0 Å². The zero-order valence-electron chi connectivity index (χ0n) is 13.5. The van der Waals surface area contributed by atoms with E-state index in [4.69, 9.17) is 4.98 Å². The highest BCUT2D eigenvalue weighted by molar-refractivity contribution is 5.70. The van der Waals surface area contributed by atoms with Crippen molar-refractivity contribution in [1.82, 2.24) is 9.97 Å². The van der Waals surface area contributed by atoms with Gasteiger partial charge in [0.2, 0.25) is 5.95 Å². The van der Waals surface area contributed by atoms with Gasteiger partial charge in [0.1, 0.15) is 5.82 Å². The van der Waals surface area contributed by atoms with E-state index < -0.39 is 0 Å². The van der Waals surface area contributed by atoms with Crippen LogP contribution in [0.4, 0.5) is 23.1 Å². The van der Waals surface area contributed by atoms with Gasteiger partial charge in [-0.2, -0.15) is 4.98 Å². The zero-order valence-corrected chi connectivity index (χ0v) is 13.5. The standard InChI is InChI=1S/C18H21N5/c1-12(2)23-9-3-4-14-11-20-18(22-17(14)23)21-15-5-6-16-13(10-15)7-8-19-16/h3-6,10-12,19H,7-9H2,1-2H3,(H,20,21,22). The SMILES string of the molecule is CC(C)N1CC=Cc2cnc(Nc3ccc4c(c3)CCN4)nc21. The minimum atomic E-state index is 0.410. The van der Waals surface area contributed by atoms with Crippen molar-refractivity contribution in [3.05, 3.63) is 41.6 Å². The monoisotopic (exact) mass is 307 g/mol. The normalized spacial score (nSPS) is 15.3. The van der Waals surface area contributed by atoms with Crippen molar-refractivity contribution < 1.29 is 0 Å². The smallest absolute Gasteiger partial charge is 0.229 e. The Hall–Kier alpha value is -2.56. The average Bonchev–Trinajstić information content (AvgIpc) is 3.01. The van der Waals surface area contributed by atoms with Crippen molar-refractivity contribution in [1.29, 1.82) is 0 Å². The van der Waals surface area contributed by atoms with Crippen LogP contribution in [0, 0.1) is 0 Å². The number of nitrogens with one attached hydrogen (secondary N) is 2. The maximum Gasteiger partial charge on any atom is 0.229 e. The van der Waals surface area contributed by atoms with Gasteiger partial charge in [0.15, 0.2) is 0 Å². The Bertz CT molecular complexity index is 766. The molecule has 1 aromatic carbocycles. The van der Waals surface area contributed by atoms with Crippen LogP contribution in [0.25, 0.3) is 6.08 Å². The molecule has 4 rings (SSSR count). The molecule has 0 atom stereocenters. The molecule has 2 aliphatic heterocycles. The summed E-state index contributed by atoms with van der Waals surface area (Å²) < 4.78 is 0. The van der Waals surface area contributed by atoms with E-state index in [1.807, 2.05) is 6.20 Å². The van der Waals surface area contributed by atoms with Gasteiger partial charge in [0.25, 0.3) is 0 Å². The molecule has 2 aliphatic rings. The second kappa shape index (κ2) is 5.57. The van der Waals surface area contributed by atoms with E-state index in [1.165, 1.54) is 11.3 Å². The van der Waals surface area contributed by atoms with E-state index in [9.17, 15) is 0 Å². The lowest BCUT2D eigenvalue weighted by atomic mass is 10.1. The third-order valence-electron chi connectivity index (χ3n) is 4.36. The van der Waals surface area contributed by atoms with E-state index >= 15 is 0 Å². The number of hydrogen-bond acceptors (Lipinski definition) is 5. The minimum absolute atomic E-state index is 0.410. The number of hydrogen-bond donors (Lipinski definition) is 2. The van der Waals surface area contributed by atoms with Crippen LogP contribution in [0.3, 0.4) is 0 Å². The van der Waals surface area contributed by atoms with Gasteiger partial charge in [-0.25, -0.2) is 4.98 Å². The fourth-order valence-corrected chi connectivity index (χ4v) is 3.14. The van der Waals surface area contributed by atoms with Gasteiger partial charge in [-0.05, 0) is 44.0 Å². The van der Waals surface area contributed by atoms with Crippen molar-refractivity contribution in [3.8, 4) is 0 Å². The van der Waals surface area contributed by atoms with Gasteiger partial charge in [-0.15, -0.1) is 0 Å². The van der Waals surface area contributed by atoms with Crippen LogP contribution >= 0.6 is 0 Å². The minimum Gasteiger partial charge on any atom is -0.384 e. The molecule has 0 bridgehead atoms. The highest BCUT2D eigenvalue weighted by atomic mass is 15.2. The summed E-state index contributed by atoms with van der Waals surface area (Å²) in [5.41, 5.74) is 4.70. The molecule has 5 heteroatoms. The summed E-state index contributed by atoms with van der Waals surface area (Å²) in [5.74, 6) is 1.65. The predicted octanol–water partition coefficient (Wildman–Crippen LogP) is 3.43. The first-order valence-electron chi connectivity index (χ1n) is 8.15. The number of benzene rings is 1. The number of anilines is 4. The maximum atomic E-state index is 4.74. The number of nitrogens with zero attached hydrogens (tertiary/aromatic N) is 3. The highest BCUT2D eigenvalue weighted by Gasteiger charge is 2.18. The number of aromatic nitrogens is 2. The molecule has 0 aliphatic carbocycles. The number of fused-ring (bicyclic) bond motifs is 2. The molecule has 0 saturated heterocycles. The first-order valence-corrected chi connectivity index (χ1v) is 8.15. The van der Waals surface area contributed by atoms with Crippen molar-refractivity contribution in [2.75, 3.05) is 28.6 Å². The fourth-order valence-electron chi connectivity index (χ4n) is 3.14. The first kappa shape index (κ1) is 14.1. The first-order chi connectivity index (χ1) is 11.2. The largest absolute Gasteiger partial charge is 0.384 e. The van der Waals surface area contributed by atoms with Crippen LogP contribution < -0.4 is 15.5 Å². The molecule has 118 valence electrons. The number of rotatable bonds is 3. The van der Waals surface area contributed by atoms with Gasteiger partial charge in [-0.3, -0.25) is 0 Å². The lowest BCUT2D eigenvalue weighted by molar-refractivity contribution is 0.707. The molecule has 0 saturated carbocycles. The van der Waals surface area contributed by atoms with Crippen LogP contribution in [-0.2, 0) is 6.42 Å². The van der Waals surface area contributed by atoms with Crippen LogP contribution in [0.15, 0.2) is 30.5 Å². The molecule has 2 N–H and O–H groups in total. The Balaban J connectivity index is 1.63. The zero-order chi connectivity index (χ0) is 15.8. The fraction of sp³-hybridized carbons (Fsp3) is 0.333. The molecule has 5 nitrogen and oxygen atoms in total. The van der Waals surface area contributed by atoms with Crippen LogP contribution in [-0.4, -0.2) is 29.1 Å². The van der Waals surface area contributed by atoms with E-state index in [0.717, 1.165) is 36.6 Å². The van der Waals surface area contributed by atoms with Crippen LogP contribution in [0.5, 0.6) is 0 Å². The lowest BCUT2D eigenvalue weighted by Crippen LogP contribution is -2.33. The van der Waals surface area contributed by atoms with E-state index in [1.54, 1.807) is 0 Å². The van der Waals surface area contributed by atoms with E-state index in [-0.39, 0.29) is 0 Å². The Morgan fingerprint density at radius 1 is 1.30 bits per heavy atom. The predicted molar refractivity (Wildman–Crippen MR) is 95.5 cm³/mol. The molecule has 1 aromatic heterocycles. The Morgan fingerprint density at radius 3 is 3.09 bits per heavy atom. The summed E-state index contributed by atoms with van der Waals surface area (Å²) in [5, 5.41) is 6.72. The molecular formula is C18H21N5. The second-order valence-electron chi connectivity index (χ2n) is 6.29. The molecule has 0 fully saturated rings. The third-order valence-corrected chi connectivity index (χ3v) is 4.36. The molecule has 3 heterocycles. The summed E-state index contributed by atoms with van der Waals surface area (Å²) in [6.45, 7) is 6.28. The van der Waals surface area contributed by atoms with Crippen LogP contribution in [0.2, 0.25) is 0 Å². The summed E-state index contributed by atoms with van der Waals surface area (Å²) in [6, 6.07) is 6.78. The molecule has 0 spiro atoms. The topological polar surface area (TPSA) is 53.1 Å². The van der Waals surface area contributed by atoms with Gasteiger partial charge in [-0.1, -0.05) is 12.2 Å². The Labute approximate surface area is 136 Å². The summed E-state index contributed by atoms with van der Waals surface area (Å²) >= 11 is 0. The Morgan fingerprint density at radius 2 is 2.22 bits per heavy atom. The molecule has 0 unspecified atom stereocenters. The lowest BCUT2D eigenvalue weighted by Gasteiger charge is -2.30. The maximum absolute atomic E-state index is 4.74. The summed E-state index contributed by atoms with van der Waals surface area (Å²) in [7, 11) is 0.